The number of carbonyl (C=O) groups is 3. The van der Waals surface area contributed by atoms with Gasteiger partial charge in [0.05, 0.1) is 77.3 Å². The minimum Gasteiger partial charge on any atom is -0.492 e. The van der Waals surface area contributed by atoms with Gasteiger partial charge in [-0.1, -0.05) is 81.0 Å². The van der Waals surface area contributed by atoms with E-state index < -0.39 is 11.2 Å². The summed E-state index contributed by atoms with van der Waals surface area (Å²) >= 11 is 1.03. The summed E-state index contributed by atoms with van der Waals surface area (Å²) in [5.74, 6) is 1.34. The van der Waals surface area contributed by atoms with Gasteiger partial charge in [-0.05, 0) is 95.7 Å². The fourth-order valence-electron chi connectivity index (χ4n) is 7.87. The van der Waals surface area contributed by atoms with Crippen LogP contribution in [0.4, 0.5) is 10.6 Å². The Hall–Kier alpha value is -5.52. The highest BCUT2D eigenvalue weighted by Crippen LogP contribution is 2.46. The lowest BCUT2D eigenvalue weighted by molar-refractivity contribution is -0.118. The number of rotatable bonds is 27. The number of thioether (sulfide) groups is 1. The number of carbonyl (C=O) groups excluding carboxylic acids is 3. The second kappa shape index (κ2) is 25.2. The van der Waals surface area contributed by atoms with E-state index in [1.54, 1.807) is 12.1 Å². The maximum Gasteiger partial charge on any atom is 0.337 e. The van der Waals surface area contributed by atoms with Crippen molar-refractivity contribution in [2.45, 2.75) is 70.0 Å². The quantitative estimate of drug-likeness (QED) is 0.0266. The van der Waals surface area contributed by atoms with Crippen LogP contribution in [0.2, 0.25) is 0 Å². The van der Waals surface area contributed by atoms with Crippen LogP contribution in [-0.4, -0.2) is 126 Å². The normalized spacial score (nSPS) is 16.2. The van der Waals surface area contributed by atoms with Gasteiger partial charge in [0.15, 0.2) is 0 Å². The number of pyridine rings is 1. The number of aryl methyl sites for hydroxylation is 1. The van der Waals surface area contributed by atoms with Crippen LogP contribution in [0, 0.1) is 6.92 Å². The maximum absolute atomic E-state index is 12.1. The molecular weight excluding hydrogens is 889 g/mol. The lowest BCUT2D eigenvalue weighted by Gasteiger charge is -2.42. The molecule has 1 N–H and O–H groups in total. The number of benzene rings is 3. The zero-order chi connectivity index (χ0) is 48.5. The average Bonchev–Trinajstić information content (AvgIpc) is 3.65. The lowest BCUT2D eigenvalue weighted by atomic mass is 9.62. The topological polar surface area (TPSA) is 166 Å². The molecule has 6 rings (SSSR count). The third kappa shape index (κ3) is 15.0. The molecule has 1 aliphatic heterocycles. The van der Waals surface area contributed by atoms with Crippen LogP contribution in [0.3, 0.4) is 0 Å². The van der Waals surface area contributed by atoms with Gasteiger partial charge < -0.3 is 42.9 Å². The van der Waals surface area contributed by atoms with Crippen molar-refractivity contribution in [3.8, 4) is 11.6 Å². The van der Waals surface area contributed by atoms with Gasteiger partial charge in [0.2, 0.25) is 11.8 Å². The summed E-state index contributed by atoms with van der Waals surface area (Å²) in [6, 6.07) is 25.0. The number of esters is 1. The van der Waals surface area contributed by atoms with Crippen LogP contribution in [0.5, 0.6) is 11.6 Å². The van der Waals surface area contributed by atoms with Gasteiger partial charge in [-0.3, -0.25) is 14.9 Å². The van der Waals surface area contributed by atoms with E-state index in [2.05, 4.69) is 62.2 Å². The predicted molar refractivity (Wildman–Crippen MR) is 263 cm³/mol. The summed E-state index contributed by atoms with van der Waals surface area (Å²) in [6.07, 6.45) is 2.71. The van der Waals surface area contributed by atoms with E-state index in [0.29, 0.717) is 96.2 Å². The van der Waals surface area contributed by atoms with E-state index in [4.69, 9.17) is 38.0 Å². The number of hydrogen-bond donors (Lipinski definition) is 1. The Balaban J connectivity index is 0.807. The van der Waals surface area contributed by atoms with Crippen LogP contribution in [0.1, 0.15) is 84.3 Å². The van der Waals surface area contributed by atoms with Gasteiger partial charge in [0.25, 0.3) is 5.24 Å². The highest BCUT2D eigenvalue weighted by molar-refractivity contribution is 8.15. The second-order valence-electron chi connectivity index (χ2n) is 18.0. The largest absolute Gasteiger partial charge is 0.492 e. The first-order chi connectivity index (χ1) is 32.7. The Morgan fingerprint density at radius 1 is 0.750 bits per heavy atom. The number of ether oxygens (including phenoxy) is 7. The SMILES string of the molecule is COC(=O)c1ccc(/C(=N/OCCOCCOCCOCCOCCOc2cccc(N(C)CCOc3ccc(CC4SC(=O)NC4=O)cc3)n2)c2cc3c(cc2C)C(C)(C)CCC3(C)C)cc1. The van der Waals surface area contributed by atoms with Crippen LogP contribution in [0.15, 0.2) is 84.0 Å². The molecule has 2 amide bonds. The monoisotopic (exact) mass is 954 g/mol. The van der Waals surface area contributed by atoms with Gasteiger partial charge in [-0.2, -0.15) is 4.98 Å². The van der Waals surface area contributed by atoms with Crippen molar-refractivity contribution in [1.29, 1.82) is 0 Å². The number of imide groups is 1. The number of hydrogen-bond acceptors (Lipinski definition) is 15. The summed E-state index contributed by atoms with van der Waals surface area (Å²) in [4.78, 5) is 47.8. The number of aromatic nitrogens is 1. The summed E-state index contributed by atoms with van der Waals surface area (Å²) in [7, 11) is 3.31. The number of amides is 2. The number of nitrogens with zero attached hydrogens (tertiary/aromatic N) is 3. The minimum atomic E-state index is -0.394. The Kier molecular flexibility index (Phi) is 19.2. The average molecular weight is 955 g/mol. The molecule has 1 saturated heterocycles. The Morgan fingerprint density at radius 3 is 1.94 bits per heavy atom. The number of oxime groups is 1. The van der Waals surface area contributed by atoms with Gasteiger partial charge in [0, 0.05) is 24.2 Å². The molecule has 0 bridgehead atoms. The molecule has 1 aromatic heterocycles. The van der Waals surface area contributed by atoms with Crippen LogP contribution in [-0.2, 0) is 50.6 Å². The molecule has 16 heteroatoms. The molecule has 366 valence electrons. The minimum absolute atomic E-state index is 0.0237. The number of likely N-dealkylation sites (N-methyl/N-ethyl adjacent to an activating group) is 1. The van der Waals surface area contributed by atoms with Gasteiger partial charge in [0.1, 0.15) is 37.1 Å². The van der Waals surface area contributed by atoms with E-state index in [1.807, 2.05) is 66.5 Å². The van der Waals surface area contributed by atoms with Crippen molar-refractivity contribution < 1.29 is 52.4 Å². The molecule has 15 nitrogen and oxygen atoms in total. The number of methoxy groups -OCH3 is 1. The van der Waals surface area contributed by atoms with Crippen molar-refractivity contribution >= 4 is 40.4 Å². The van der Waals surface area contributed by atoms with Crippen LogP contribution in [0.25, 0.3) is 0 Å². The third-order valence-electron chi connectivity index (χ3n) is 12.0. The van der Waals surface area contributed by atoms with E-state index in [1.165, 1.54) is 18.2 Å². The second-order valence-corrected chi connectivity index (χ2v) is 19.1. The zero-order valence-electron chi connectivity index (χ0n) is 40.4. The van der Waals surface area contributed by atoms with E-state index in [0.717, 1.165) is 58.4 Å². The number of fused-ring (bicyclic) bond motifs is 1. The first-order valence-corrected chi connectivity index (χ1v) is 24.0. The van der Waals surface area contributed by atoms with Gasteiger partial charge in [-0.25, -0.2) is 4.79 Å². The molecule has 1 unspecified atom stereocenters. The third-order valence-corrected chi connectivity index (χ3v) is 13.0. The zero-order valence-corrected chi connectivity index (χ0v) is 41.2. The highest BCUT2D eigenvalue weighted by Gasteiger charge is 2.38. The fourth-order valence-corrected chi connectivity index (χ4v) is 8.73. The molecule has 1 fully saturated rings. The van der Waals surface area contributed by atoms with E-state index in [9.17, 15) is 14.4 Å². The van der Waals surface area contributed by atoms with Crippen molar-refractivity contribution in [3.63, 3.8) is 0 Å². The summed E-state index contributed by atoms with van der Waals surface area (Å²) in [5, 5.41) is 6.27. The Bertz CT molecular complexity index is 2320. The number of anilines is 1. The summed E-state index contributed by atoms with van der Waals surface area (Å²) in [5.41, 5.74) is 7.88. The predicted octanol–water partition coefficient (Wildman–Crippen LogP) is 7.85. The fraction of sp³-hybridized carbons (Fsp3) is 0.481. The first kappa shape index (κ1) is 51.9. The van der Waals surface area contributed by atoms with Gasteiger partial charge >= 0.3 is 5.97 Å². The molecule has 4 aromatic rings. The molecule has 3 aromatic carbocycles. The van der Waals surface area contributed by atoms with Crippen molar-refractivity contribution in [2.75, 3.05) is 98.3 Å². The molecule has 0 spiro atoms. The molecule has 1 aliphatic carbocycles. The van der Waals surface area contributed by atoms with Crippen LogP contribution < -0.4 is 19.7 Å². The van der Waals surface area contributed by atoms with Crippen molar-refractivity contribution in [3.05, 3.63) is 118 Å². The Labute approximate surface area is 404 Å². The molecule has 68 heavy (non-hydrogen) atoms. The van der Waals surface area contributed by atoms with E-state index >= 15 is 0 Å². The number of nitrogens with one attached hydrogen (secondary N) is 1. The van der Waals surface area contributed by atoms with Gasteiger partial charge in [-0.15, -0.1) is 0 Å². The van der Waals surface area contributed by atoms with Crippen LogP contribution >= 0.6 is 11.8 Å². The summed E-state index contributed by atoms with van der Waals surface area (Å²) < 4.78 is 39.3. The summed E-state index contributed by atoms with van der Waals surface area (Å²) in [6.45, 7) is 16.3. The molecule has 0 saturated carbocycles. The molecule has 0 radical (unpaired) electrons. The molecular formula is C52H66N4O11S. The maximum atomic E-state index is 12.1. The van der Waals surface area contributed by atoms with Crippen molar-refractivity contribution in [1.82, 2.24) is 10.3 Å². The van der Waals surface area contributed by atoms with E-state index in [-0.39, 0.29) is 28.6 Å². The molecule has 1 atom stereocenters. The smallest absolute Gasteiger partial charge is 0.337 e. The molecule has 2 aliphatic rings. The molecule has 2 heterocycles. The standard InChI is InChI=1S/C52H66N4O11S/c1-36-33-42-43(52(4,5)20-19-51(42,2)3)35-41(36)47(38-13-15-39(16-14-38)49(58)60-7)55-67-32-30-64-28-26-62-24-23-61-25-27-63-29-31-66-46-10-8-9-45(53-46)56(6)21-22-65-40-17-11-37(12-18-40)34-44-48(57)54-50(59)68-44/h8-18,33,35,44H,19-32,34H2,1-7H3,(H,54,57,59)/b55-47-. The highest BCUT2D eigenvalue weighted by atomic mass is 32.2. The van der Waals surface area contributed by atoms with Crippen molar-refractivity contribution in [2.24, 2.45) is 5.16 Å². The Morgan fingerprint density at radius 2 is 1.34 bits per heavy atom. The first-order valence-electron chi connectivity index (χ1n) is 23.1. The lowest BCUT2D eigenvalue weighted by Crippen LogP contribution is -2.34.